The van der Waals surface area contributed by atoms with Crippen molar-refractivity contribution in [2.45, 2.75) is 12.8 Å². The highest BCUT2D eigenvalue weighted by molar-refractivity contribution is 5.15. The van der Waals surface area contributed by atoms with Gasteiger partial charge in [0.05, 0.1) is 0 Å². The van der Waals surface area contributed by atoms with Gasteiger partial charge >= 0.3 is 0 Å². The maximum absolute atomic E-state index is 5.19. The van der Waals surface area contributed by atoms with E-state index in [2.05, 4.69) is 24.1 Å². The van der Waals surface area contributed by atoms with E-state index < -0.39 is 0 Å². The van der Waals surface area contributed by atoms with Crippen molar-refractivity contribution < 1.29 is 0 Å². The number of allylic oxidation sites excluding steroid dienone is 1. The van der Waals surface area contributed by atoms with E-state index in [-0.39, 0.29) is 0 Å². The number of hydrogen-bond acceptors (Lipinski definition) is 2. The Balaban J connectivity index is 2.38. The quantitative estimate of drug-likeness (QED) is 0.521. The molecular formula is C10H14N2. The third-order valence-corrected chi connectivity index (χ3v) is 1.76. The van der Waals surface area contributed by atoms with Crippen molar-refractivity contribution >= 4 is 0 Å². The van der Waals surface area contributed by atoms with Crippen molar-refractivity contribution in [3.8, 4) is 0 Å². The first-order chi connectivity index (χ1) is 5.83. The van der Waals surface area contributed by atoms with Gasteiger partial charge in [0, 0.05) is 5.70 Å². The van der Waals surface area contributed by atoms with Crippen LogP contribution in [0, 0.1) is 0 Å². The molecule has 0 heterocycles. The Morgan fingerprint density at radius 2 is 2.00 bits per heavy atom. The predicted octanol–water partition coefficient (Wildman–Crippen LogP) is 1.60. The van der Waals surface area contributed by atoms with Gasteiger partial charge in [0.15, 0.2) is 0 Å². The molecule has 0 saturated carbocycles. The molecule has 0 aliphatic carbocycles. The maximum atomic E-state index is 5.19. The van der Waals surface area contributed by atoms with Crippen molar-refractivity contribution in [3.63, 3.8) is 0 Å². The SMILES string of the molecule is C=C(CCc1ccccc1)NN. The predicted molar refractivity (Wildman–Crippen MR) is 51.2 cm³/mol. The Kier molecular flexibility index (Phi) is 3.35. The molecule has 1 aromatic rings. The number of hydrazine groups is 1. The van der Waals surface area contributed by atoms with Crippen LogP contribution in [0.25, 0.3) is 0 Å². The van der Waals surface area contributed by atoms with Gasteiger partial charge in [0.25, 0.3) is 0 Å². The fourth-order valence-electron chi connectivity index (χ4n) is 1.01. The van der Waals surface area contributed by atoms with E-state index >= 15 is 0 Å². The Labute approximate surface area is 73.1 Å². The van der Waals surface area contributed by atoms with E-state index in [1.54, 1.807) is 0 Å². The lowest BCUT2D eigenvalue weighted by Crippen LogP contribution is -2.20. The first-order valence-electron chi connectivity index (χ1n) is 4.01. The third kappa shape index (κ3) is 2.76. The number of hydrogen-bond donors (Lipinski definition) is 2. The van der Waals surface area contributed by atoms with Crippen molar-refractivity contribution in [1.29, 1.82) is 0 Å². The van der Waals surface area contributed by atoms with Crippen LogP contribution in [-0.4, -0.2) is 0 Å². The average molecular weight is 162 g/mol. The fraction of sp³-hybridized carbons (Fsp3) is 0.200. The number of aryl methyl sites for hydroxylation is 1. The molecule has 2 nitrogen and oxygen atoms in total. The van der Waals surface area contributed by atoms with Gasteiger partial charge in [0.2, 0.25) is 0 Å². The monoisotopic (exact) mass is 162 g/mol. The zero-order valence-electron chi connectivity index (χ0n) is 7.09. The maximum Gasteiger partial charge on any atom is 0.0190 e. The molecule has 0 unspecified atom stereocenters. The third-order valence-electron chi connectivity index (χ3n) is 1.76. The van der Waals surface area contributed by atoms with E-state index in [1.807, 2.05) is 18.2 Å². The van der Waals surface area contributed by atoms with Crippen LogP contribution in [-0.2, 0) is 6.42 Å². The molecular weight excluding hydrogens is 148 g/mol. The van der Waals surface area contributed by atoms with Crippen LogP contribution in [0.2, 0.25) is 0 Å². The first-order valence-corrected chi connectivity index (χ1v) is 4.01. The summed E-state index contributed by atoms with van der Waals surface area (Å²) in [6, 6.07) is 10.3. The lowest BCUT2D eigenvalue weighted by atomic mass is 10.1. The summed E-state index contributed by atoms with van der Waals surface area (Å²) in [6.45, 7) is 3.75. The van der Waals surface area contributed by atoms with Crippen LogP contribution in [0.1, 0.15) is 12.0 Å². The first kappa shape index (κ1) is 8.81. The van der Waals surface area contributed by atoms with Crippen molar-refractivity contribution in [3.05, 3.63) is 48.2 Å². The normalized spacial score (nSPS) is 9.42. The van der Waals surface area contributed by atoms with Crippen LogP contribution >= 0.6 is 0 Å². The number of rotatable bonds is 4. The molecule has 0 saturated heterocycles. The van der Waals surface area contributed by atoms with E-state index in [0.717, 1.165) is 18.5 Å². The topological polar surface area (TPSA) is 38.0 Å². The fourth-order valence-corrected chi connectivity index (χ4v) is 1.01. The Morgan fingerprint density at radius 3 is 2.58 bits per heavy atom. The Hall–Kier alpha value is -1.28. The lowest BCUT2D eigenvalue weighted by Gasteiger charge is -2.03. The van der Waals surface area contributed by atoms with Gasteiger partial charge in [0.1, 0.15) is 0 Å². The van der Waals surface area contributed by atoms with Crippen molar-refractivity contribution in [1.82, 2.24) is 5.43 Å². The molecule has 3 N–H and O–H groups in total. The van der Waals surface area contributed by atoms with E-state index in [4.69, 9.17) is 5.84 Å². The molecule has 0 aliphatic rings. The average Bonchev–Trinajstić information content (AvgIpc) is 2.16. The number of nitrogens with two attached hydrogens (primary N) is 1. The molecule has 0 aliphatic heterocycles. The summed E-state index contributed by atoms with van der Waals surface area (Å²) in [4.78, 5) is 0. The van der Waals surface area contributed by atoms with Gasteiger partial charge in [-0.25, -0.2) is 0 Å². The molecule has 0 amide bonds. The van der Waals surface area contributed by atoms with Crippen LogP contribution in [0.5, 0.6) is 0 Å². The highest BCUT2D eigenvalue weighted by Crippen LogP contribution is 2.04. The summed E-state index contributed by atoms with van der Waals surface area (Å²) in [5.74, 6) is 5.19. The van der Waals surface area contributed by atoms with Gasteiger partial charge in [-0.15, -0.1) is 0 Å². The number of nitrogens with one attached hydrogen (secondary N) is 1. The largest absolute Gasteiger partial charge is 0.329 e. The summed E-state index contributed by atoms with van der Waals surface area (Å²) in [5, 5.41) is 0. The zero-order chi connectivity index (χ0) is 8.81. The molecule has 0 radical (unpaired) electrons. The van der Waals surface area contributed by atoms with Gasteiger partial charge in [-0.3, -0.25) is 5.84 Å². The molecule has 0 atom stereocenters. The summed E-state index contributed by atoms with van der Waals surface area (Å²) in [6.07, 6.45) is 1.88. The van der Waals surface area contributed by atoms with E-state index in [9.17, 15) is 0 Å². The standard InChI is InChI=1S/C10H14N2/c1-9(12-11)7-8-10-5-3-2-4-6-10/h2-6,12H,1,7-8,11H2. The molecule has 0 spiro atoms. The van der Waals surface area contributed by atoms with E-state index in [0.29, 0.717) is 0 Å². The highest BCUT2D eigenvalue weighted by Gasteiger charge is 1.92. The lowest BCUT2D eigenvalue weighted by molar-refractivity contribution is 0.792. The van der Waals surface area contributed by atoms with E-state index in [1.165, 1.54) is 5.56 Å². The molecule has 0 bridgehead atoms. The second-order valence-electron chi connectivity index (χ2n) is 2.73. The van der Waals surface area contributed by atoms with Gasteiger partial charge in [-0.2, -0.15) is 0 Å². The highest BCUT2D eigenvalue weighted by atomic mass is 15.2. The van der Waals surface area contributed by atoms with Gasteiger partial charge in [-0.05, 0) is 18.4 Å². The summed E-state index contributed by atoms with van der Waals surface area (Å²) in [5.41, 5.74) is 4.73. The molecule has 1 rings (SSSR count). The minimum absolute atomic E-state index is 0.874. The molecule has 0 aromatic heterocycles. The molecule has 12 heavy (non-hydrogen) atoms. The minimum atomic E-state index is 0.874. The van der Waals surface area contributed by atoms with Gasteiger partial charge in [-0.1, -0.05) is 36.9 Å². The molecule has 1 aromatic carbocycles. The van der Waals surface area contributed by atoms with Crippen LogP contribution in [0.4, 0.5) is 0 Å². The molecule has 64 valence electrons. The summed E-state index contributed by atoms with van der Waals surface area (Å²) >= 11 is 0. The molecule has 2 heteroatoms. The Morgan fingerprint density at radius 1 is 1.33 bits per heavy atom. The van der Waals surface area contributed by atoms with Crippen LogP contribution in [0.3, 0.4) is 0 Å². The van der Waals surface area contributed by atoms with Crippen LogP contribution < -0.4 is 11.3 Å². The van der Waals surface area contributed by atoms with Crippen LogP contribution in [0.15, 0.2) is 42.6 Å². The second kappa shape index (κ2) is 4.57. The summed E-state index contributed by atoms with van der Waals surface area (Å²) in [7, 11) is 0. The van der Waals surface area contributed by atoms with Crippen molar-refractivity contribution in [2.24, 2.45) is 5.84 Å². The smallest absolute Gasteiger partial charge is 0.0190 e. The second-order valence-corrected chi connectivity index (χ2v) is 2.73. The van der Waals surface area contributed by atoms with Crippen molar-refractivity contribution in [2.75, 3.05) is 0 Å². The number of benzene rings is 1. The summed E-state index contributed by atoms with van der Waals surface area (Å²) < 4.78 is 0. The Bertz CT molecular complexity index is 241. The van der Waals surface area contributed by atoms with Gasteiger partial charge < -0.3 is 5.43 Å². The molecule has 0 fully saturated rings. The minimum Gasteiger partial charge on any atom is -0.329 e. The zero-order valence-corrected chi connectivity index (χ0v) is 7.09.